The van der Waals surface area contributed by atoms with Gasteiger partial charge >= 0.3 is 0 Å². The average Bonchev–Trinajstić information content (AvgIpc) is 2.56. The van der Waals surface area contributed by atoms with E-state index in [1.165, 1.54) is 0 Å². The van der Waals surface area contributed by atoms with Crippen molar-refractivity contribution in [3.05, 3.63) is 27.1 Å². The van der Waals surface area contributed by atoms with Crippen molar-refractivity contribution in [3.63, 3.8) is 0 Å². The first-order chi connectivity index (χ1) is 11.3. The van der Waals surface area contributed by atoms with Crippen molar-refractivity contribution in [2.75, 3.05) is 31.5 Å². The number of piperazine rings is 1. The predicted molar refractivity (Wildman–Crippen MR) is 103 cm³/mol. The monoisotopic (exact) mass is 459 g/mol. The van der Waals surface area contributed by atoms with Gasteiger partial charge in [0.25, 0.3) is 0 Å². The van der Waals surface area contributed by atoms with Crippen LogP contribution in [0, 0.1) is 5.92 Å². The van der Waals surface area contributed by atoms with Crippen molar-refractivity contribution in [2.24, 2.45) is 5.92 Å². The van der Waals surface area contributed by atoms with Gasteiger partial charge < -0.3 is 10.2 Å². The third-order valence-electron chi connectivity index (χ3n) is 4.24. The van der Waals surface area contributed by atoms with Gasteiger partial charge in [-0.15, -0.1) is 0 Å². The Morgan fingerprint density at radius 1 is 1.08 bits per heavy atom. The van der Waals surface area contributed by atoms with Crippen LogP contribution in [0.3, 0.4) is 0 Å². The molecule has 2 rings (SSSR count). The molecule has 0 radical (unpaired) electrons. The van der Waals surface area contributed by atoms with Crippen LogP contribution in [0.25, 0.3) is 0 Å². The van der Waals surface area contributed by atoms with E-state index >= 15 is 0 Å². The van der Waals surface area contributed by atoms with E-state index in [0.29, 0.717) is 26.2 Å². The zero-order chi connectivity index (χ0) is 17.9. The van der Waals surface area contributed by atoms with Crippen LogP contribution in [0.2, 0.25) is 0 Å². The maximum atomic E-state index is 12.5. The summed E-state index contributed by atoms with van der Waals surface area (Å²) in [6, 6.07) is 5.41. The van der Waals surface area contributed by atoms with Crippen LogP contribution in [-0.2, 0) is 9.59 Å². The Morgan fingerprint density at radius 3 is 2.25 bits per heavy atom. The maximum absolute atomic E-state index is 12.5. The van der Waals surface area contributed by atoms with Crippen molar-refractivity contribution in [2.45, 2.75) is 26.8 Å². The number of benzene rings is 1. The Morgan fingerprint density at radius 2 is 1.71 bits per heavy atom. The normalized spacial score (nSPS) is 17.0. The number of halogens is 2. The summed E-state index contributed by atoms with van der Waals surface area (Å²) in [7, 11) is 0. The van der Waals surface area contributed by atoms with Crippen LogP contribution in [0.5, 0.6) is 0 Å². The number of nitrogens with one attached hydrogen (secondary N) is 1. The largest absolute Gasteiger partial charge is 0.340 e. The van der Waals surface area contributed by atoms with Crippen molar-refractivity contribution < 1.29 is 9.59 Å². The van der Waals surface area contributed by atoms with Crippen LogP contribution in [-0.4, -0.2) is 53.8 Å². The number of anilines is 1. The Bertz CT molecular complexity index is 614. The smallest absolute Gasteiger partial charge is 0.241 e. The third kappa shape index (κ3) is 4.80. The molecule has 1 fully saturated rings. The Kier molecular flexibility index (Phi) is 6.83. The second-order valence-corrected chi connectivity index (χ2v) is 8.08. The molecule has 1 aromatic rings. The molecule has 0 saturated carbocycles. The van der Waals surface area contributed by atoms with Crippen LogP contribution in [0.15, 0.2) is 27.1 Å². The molecule has 1 saturated heterocycles. The van der Waals surface area contributed by atoms with E-state index in [9.17, 15) is 9.59 Å². The summed E-state index contributed by atoms with van der Waals surface area (Å²) in [5.41, 5.74) is 0.753. The number of hydrogen-bond donors (Lipinski definition) is 1. The second-order valence-electron chi connectivity index (χ2n) is 6.31. The predicted octanol–water partition coefficient (Wildman–Crippen LogP) is 3.34. The number of amides is 2. The summed E-state index contributed by atoms with van der Waals surface area (Å²) in [6.45, 7) is 8.53. The highest BCUT2D eigenvalue weighted by Gasteiger charge is 2.28. The van der Waals surface area contributed by atoms with E-state index in [4.69, 9.17) is 0 Å². The van der Waals surface area contributed by atoms with Gasteiger partial charge in [0.2, 0.25) is 11.8 Å². The van der Waals surface area contributed by atoms with Crippen LogP contribution < -0.4 is 5.32 Å². The molecule has 24 heavy (non-hydrogen) atoms. The number of hydrogen-bond acceptors (Lipinski definition) is 3. The highest BCUT2D eigenvalue weighted by Crippen LogP contribution is 2.26. The summed E-state index contributed by atoms with van der Waals surface area (Å²) in [6.07, 6.45) is 0. The summed E-state index contributed by atoms with van der Waals surface area (Å²) < 4.78 is 1.79. The first kappa shape index (κ1) is 19.4. The van der Waals surface area contributed by atoms with Gasteiger partial charge in [0.1, 0.15) is 0 Å². The number of carbonyl (C=O) groups is 2. The fraction of sp³-hybridized carbons (Fsp3) is 0.529. The van der Waals surface area contributed by atoms with Crippen molar-refractivity contribution >= 4 is 49.4 Å². The minimum Gasteiger partial charge on any atom is -0.340 e. The lowest BCUT2D eigenvalue weighted by Crippen LogP contribution is -2.54. The van der Waals surface area contributed by atoms with Crippen LogP contribution in [0.1, 0.15) is 20.8 Å². The van der Waals surface area contributed by atoms with Crippen LogP contribution >= 0.6 is 31.9 Å². The maximum Gasteiger partial charge on any atom is 0.241 e. The average molecular weight is 461 g/mol. The fourth-order valence-electron chi connectivity index (χ4n) is 2.69. The molecule has 1 unspecified atom stereocenters. The minimum atomic E-state index is -0.239. The van der Waals surface area contributed by atoms with Crippen molar-refractivity contribution in [1.29, 1.82) is 0 Å². The van der Waals surface area contributed by atoms with Gasteiger partial charge in [-0.1, -0.05) is 29.8 Å². The first-order valence-corrected chi connectivity index (χ1v) is 9.67. The summed E-state index contributed by atoms with van der Waals surface area (Å²) in [5, 5.41) is 2.96. The van der Waals surface area contributed by atoms with Gasteiger partial charge in [0.05, 0.1) is 11.7 Å². The molecule has 0 bridgehead atoms. The molecule has 2 amide bonds. The zero-order valence-corrected chi connectivity index (χ0v) is 17.4. The molecule has 0 aromatic heterocycles. The number of nitrogens with zero attached hydrogens (tertiary/aromatic N) is 2. The third-order valence-corrected chi connectivity index (χ3v) is 5.39. The molecule has 1 N–H and O–H groups in total. The standard InChI is InChI=1S/C17H23Br2N3O2/c1-11(2)17(24)22-8-6-21(7-9-22)12(3)16(23)20-15-5-4-13(18)10-14(15)19/h4-5,10-12H,6-9H2,1-3H3,(H,20,23). The van der Waals surface area contributed by atoms with Gasteiger partial charge in [-0.25, -0.2) is 0 Å². The highest BCUT2D eigenvalue weighted by molar-refractivity contribution is 9.11. The topological polar surface area (TPSA) is 52.7 Å². The zero-order valence-electron chi connectivity index (χ0n) is 14.2. The summed E-state index contributed by atoms with van der Waals surface area (Å²) >= 11 is 6.85. The molecule has 0 aliphatic carbocycles. The summed E-state index contributed by atoms with van der Waals surface area (Å²) in [5.74, 6) is 0.166. The molecule has 1 aliphatic heterocycles. The van der Waals surface area contributed by atoms with E-state index in [-0.39, 0.29) is 23.8 Å². The first-order valence-electron chi connectivity index (χ1n) is 8.08. The van der Waals surface area contributed by atoms with Gasteiger partial charge in [0.15, 0.2) is 0 Å². The van der Waals surface area contributed by atoms with E-state index in [1.54, 1.807) is 0 Å². The highest BCUT2D eigenvalue weighted by atomic mass is 79.9. The van der Waals surface area contributed by atoms with Crippen molar-refractivity contribution in [1.82, 2.24) is 9.80 Å². The van der Waals surface area contributed by atoms with Gasteiger partial charge in [-0.3, -0.25) is 14.5 Å². The second kappa shape index (κ2) is 8.45. The van der Waals surface area contributed by atoms with E-state index < -0.39 is 0 Å². The lowest BCUT2D eigenvalue weighted by molar-refractivity contribution is -0.136. The van der Waals surface area contributed by atoms with Gasteiger partial charge in [-0.05, 0) is 41.1 Å². The number of carbonyl (C=O) groups excluding carboxylic acids is 2. The van der Waals surface area contributed by atoms with E-state index in [2.05, 4.69) is 42.1 Å². The quantitative estimate of drug-likeness (QED) is 0.749. The number of rotatable bonds is 4. The lowest BCUT2D eigenvalue weighted by atomic mass is 10.1. The van der Waals surface area contributed by atoms with E-state index in [0.717, 1.165) is 14.6 Å². The lowest BCUT2D eigenvalue weighted by Gasteiger charge is -2.38. The minimum absolute atomic E-state index is 0.0204. The Balaban J connectivity index is 1.91. The van der Waals surface area contributed by atoms with Gasteiger partial charge in [-0.2, -0.15) is 0 Å². The van der Waals surface area contributed by atoms with Crippen molar-refractivity contribution in [3.8, 4) is 0 Å². The van der Waals surface area contributed by atoms with E-state index in [1.807, 2.05) is 43.9 Å². The molecule has 1 atom stereocenters. The molecule has 5 nitrogen and oxygen atoms in total. The molecule has 0 spiro atoms. The molecule has 1 aliphatic rings. The molecular formula is C17H23Br2N3O2. The molecule has 1 heterocycles. The Hall–Kier alpha value is -0.920. The molecule has 132 valence electrons. The van der Waals surface area contributed by atoms with Gasteiger partial charge in [0, 0.05) is 41.0 Å². The summed E-state index contributed by atoms with van der Waals surface area (Å²) in [4.78, 5) is 28.5. The fourth-order valence-corrected chi connectivity index (χ4v) is 3.83. The Labute approximate surface area is 160 Å². The molecule has 7 heteroatoms. The molecular weight excluding hydrogens is 438 g/mol. The SMILES string of the molecule is CC(C)C(=O)N1CCN(C(C)C(=O)Nc2ccc(Br)cc2Br)CC1. The molecule has 1 aromatic carbocycles. The van der Waals surface area contributed by atoms with Crippen LogP contribution in [0.4, 0.5) is 5.69 Å².